The number of nitrogens with one attached hydrogen (secondary N) is 1. The topological polar surface area (TPSA) is 62.2 Å². The van der Waals surface area contributed by atoms with Gasteiger partial charge in [0.15, 0.2) is 0 Å². The van der Waals surface area contributed by atoms with Gasteiger partial charge in [0.2, 0.25) is 5.91 Å². The fourth-order valence-electron chi connectivity index (χ4n) is 2.27. The second-order valence-corrected chi connectivity index (χ2v) is 6.96. The number of nitrogens with zero attached hydrogens (tertiary/aromatic N) is 1. The molecule has 0 aliphatic heterocycles. The smallest absolute Gasteiger partial charge is 0.230 e. The third-order valence-corrected chi connectivity index (χ3v) is 5.12. The largest absolute Gasteiger partial charge is 0.393 e. The Labute approximate surface area is 122 Å². The quantitative estimate of drug-likeness (QED) is 0.843. The van der Waals surface area contributed by atoms with Gasteiger partial charge in [0.1, 0.15) is 0 Å². The normalized spacial score (nSPS) is 22.6. The highest BCUT2D eigenvalue weighted by Gasteiger charge is 2.25. The van der Waals surface area contributed by atoms with E-state index in [1.165, 1.54) is 0 Å². The molecular formula is C13H20N2O2S2. The van der Waals surface area contributed by atoms with Crippen LogP contribution in [0.25, 0.3) is 0 Å². The monoisotopic (exact) mass is 300 g/mol. The Kier molecular flexibility index (Phi) is 5.66. The van der Waals surface area contributed by atoms with E-state index >= 15 is 0 Å². The van der Waals surface area contributed by atoms with Gasteiger partial charge in [-0.3, -0.25) is 4.79 Å². The first kappa shape index (κ1) is 14.8. The number of hydrogen-bond acceptors (Lipinski definition) is 5. The van der Waals surface area contributed by atoms with Crippen LogP contribution in [0.15, 0.2) is 5.38 Å². The summed E-state index contributed by atoms with van der Waals surface area (Å²) >= 11 is 3.22. The fraction of sp³-hybridized carbons (Fsp3) is 0.692. The number of aliphatic hydroxyl groups excluding tert-OH is 1. The Bertz CT molecular complexity index is 423. The van der Waals surface area contributed by atoms with E-state index in [4.69, 9.17) is 0 Å². The Morgan fingerprint density at radius 3 is 3.11 bits per heavy atom. The minimum absolute atomic E-state index is 0.0519. The number of carbonyl (C=O) groups excluding carboxylic acids is 1. The first-order chi connectivity index (χ1) is 9.15. The van der Waals surface area contributed by atoms with Crippen molar-refractivity contribution in [1.29, 1.82) is 0 Å². The number of hydrogen-bond donors (Lipinski definition) is 2. The van der Waals surface area contributed by atoms with Gasteiger partial charge < -0.3 is 10.4 Å². The molecule has 4 nitrogen and oxygen atoms in total. The Balaban J connectivity index is 1.59. The van der Waals surface area contributed by atoms with Crippen LogP contribution in [0.4, 0.5) is 0 Å². The zero-order valence-corrected chi connectivity index (χ0v) is 12.7. The molecule has 106 valence electrons. The van der Waals surface area contributed by atoms with E-state index in [-0.39, 0.29) is 17.9 Å². The molecule has 0 radical (unpaired) electrons. The minimum atomic E-state index is -0.231. The lowest BCUT2D eigenvalue weighted by atomic mass is 10.1. The number of aromatic nitrogens is 1. The molecule has 1 aromatic heterocycles. The third-order valence-electron chi connectivity index (χ3n) is 3.33. The van der Waals surface area contributed by atoms with Crippen molar-refractivity contribution in [2.24, 2.45) is 5.92 Å². The SMILES string of the molecule is Cc1nc(CSCC(=O)NCC2CCCC2O)cs1. The molecule has 19 heavy (non-hydrogen) atoms. The van der Waals surface area contributed by atoms with E-state index in [1.54, 1.807) is 23.1 Å². The molecule has 1 fully saturated rings. The molecule has 1 heterocycles. The second-order valence-electron chi connectivity index (χ2n) is 4.91. The van der Waals surface area contributed by atoms with E-state index in [0.717, 1.165) is 35.7 Å². The van der Waals surface area contributed by atoms with Gasteiger partial charge in [0.05, 0.1) is 22.6 Å². The maximum absolute atomic E-state index is 11.7. The van der Waals surface area contributed by atoms with Crippen LogP contribution >= 0.6 is 23.1 Å². The first-order valence-corrected chi connectivity index (χ1v) is 8.62. The van der Waals surface area contributed by atoms with Crippen LogP contribution in [0.2, 0.25) is 0 Å². The first-order valence-electron chi connectivity index (χ1n) is 6.58. The number of rotatable bonds is 6. The van der Waals surface area contributed by atoms with E-state index in [2.05, 4.69) is 10.3 Å². The van der Waals surface area contributed by atoms with E-state index in [9.17, 15) is 9.90 Å². The van der Waals surface area contributed by atoms with E-state index in [0.29, 0.717) is 12.3 Å². The molecule has 1 amide bonds. The van der Waals surface area contributed by atoms with Crippen molar-refractivity contribution in [3.8, 4) is 0 Å². The molecule has 0 spiro atoms. The zero-order chi connectivity index (χ0) is 13.7. The highest BCUT2D eigenvalue weighted by Crippen LogP contribution is 2.24. The van der Waals surface area contributed by atoms with Crippen molar-refractivity contribution in [3.05, 3.63) is 16.1 Å². The fourth-order valence-corrected chi connectivity index (χ4v) is 3.74. The summed E-state index contributed by atoms with van der Waals surface area (Å²) < 4.78 is 0. The molecule has 2 N–H and O–H groups in total. The lowest BCUT2D eigenvalue weighted by Gasteiger charge is -2.14. The summed E-state index contributed by atoms with van der Waals surface area (Å²) in [5, 5.41) is 15.7. The number of thiazole rings is 1. The lowest BCUT2D eigenvalue weighted by molar-refractivity contribution is -0.118. The van der Waals surface area contributed by atoms with Gasteiger partial charge in [0, 0.05) is 23.6 Å². The molecular weight excluding hydrogens is 280 g/mol. The highest BCUT2D eigenvalue weighted by molar-refractivity contribution is 7.99. The van der Waals surface area contributed by atoms with Crippen LogP contribution in [-0.4, -0.2) is 34.4 Å². The van der Waals surface area contributed by atoms with Gasteiger partial charge in [-0.2, -0.15) is 0 Å². The summed E-state index contributed by atoms with van der Waals surface area (Å²) in [6.45, 7) is 2.59. The van der Waals surface area contributed by atoms with Crippen LogP contribution in [-0.2, 0) is 10.5 Å². The molecule has 0 bridgehead atoms. The molecule has 2 rings (SSSR count). The van der Waals surface area contributed by atoms with Gasteiger partial charge >= 0.3 is 0 Å². The van der Waals surface area contributed by atoms with Gasteiger partial charge in [-0.05, 0) is 19.8 Å². The van der Waals surface area contributed by atoms with Crippen LogP contribution in [0.1, 0.15) is 30.0 Å². The van der Waals surface area contributed by atoms with Crippen molar-refractivity contribution >= 4 is 29.0 Å². The van der Waals surface area contributed by atoms with Crippen LogP contribution in [0.5, 0.6) is 0 Å². The van der Waals surface area contributed by atoms with Crippen molar-refractivity contribution in [3.63, 3.8) is 0 Å². The van der Waals surface area contributed by atoms with Gasteiger partial charge in [0.25, 0.3) is 0 Å². The summed E-state index contributed by atoms with van der Waals surface area (Å²) in [6.07, 6.45) is 2.73. The van der Waals surface area contributed by atoms with Crippen molar-refractivity contribution in [2.45, 2.75) is 38.0 Å². The minimum Gasteiger partial charge on any atom is -0.393 e. The summed E-state index contributed by atoms with van der Waals surface area (Å²) in [5.74, 6) is 1.54. The Morgan fingerprint density at radius 2 is 2.47 bits per heavy atom. The Morgan fingerprint density at radius 1 is 1.63 bits per heavy atom. The second kappa shape index (κ2) is 7.26. The number of carbonyl (C=O) groups is 1. The molecule has 1 aromatic rings. The molecule has 1 saturated carbocycles. The summed E-state index contributed by atoms with van der Waals surface area (Å²) in [5.41, 5.74) is 1.05. The number of amides is 1. The zero-order valence-electron chi connectivity index (χ0n) is 11.1. The predicted molar refractivity (Wildman–Crippen MR) is 79.4 cm³/mol. The predicted octanol–water partition coefficient (Wildman–Crippen LogP) is 1.96. The van der Waals surface area contributed by atoms with Crippen LogP contribution < -0.4 is 5.32 Å². The molecule has 0 saturated heterocycles. The summed E-state index contributed by atoms with van der Waals surface area (Å²) in [6, 6.07) is 0. The van der Waals surface area contributed by atoms with E-state index < -0.39 is 0 Å². The van der Waals surface area contributed by atoms with Gasteiger partial charge in [-0.1, -0.05) is 6.42 Å². The number of aliphatic hydroxyl groups is 1. The van der Waals surface area contributed by atoms with Gasteiger partial charge in [-0.25, -0.2) is 4.98 Å². The Hall–Kier alpha value is -0.590. The van der Waals surface area contributed by atoms with Gasteiger partial charge in [-0.15, -0.1) is 23.1 Å². The van der Waals surface area contributed by atoms with Crippen LogP contribution in [0.3, 0.4) is 0 Å². The third kappa shape index (κ3) is 4.78. The molecule has 6 heteroatoms. The van der Waals surface area contributed by atoms with Crippen molar-refractivity contribution in [1.82, 2.24) is 10.3 Å². The standard InChI is InChI=1S/C13H20N2O2S2/c1-9-15-11(7-19-9)6-18-8-13(17)14-5-10-3-2-4-12(10)16/h7,10,12,16H,2-6,8H2,1H3,(H,14,17). The van der Waals surface area contributed by atoms with Crippen LogP contribution in [0, 0.1) is 12.8 Å². The van der Waals surface area contributed by atoms with Crippen molar-refractivity contribution < 1.29 is 9.90 Å². The average molecular weight is 300 g/mol. The molecule has 0 aromatic carbocycles. The number of thioether (sulfide) groups is 1. The van der Waals surface area contributed by atoms with E-state index in [1.807, 2.05) is 12.3 Å². The lowest BCUT2D eigenvalue weighted by Crippen LogP contribution is -2.33. The maximum Gasteiger partial charge on any atom is 0.230 e. The molecule has 2 unspecified atom stereocenters. The average Bonchev–Trinajstić information content (AvgIpc) is 2.96. The molecule has 1 aliphatic rings. The van der Waals surface area contributed by atoms with Crippen molar-refractivity contribution in [2.75, 3.05) is 12.3 Å². The highest BCUT2D eigenvalue weighted by atomic mass is 32.2. The number of aryl methyl sites for hydroxylation is 1. The summed E-state index contributed by atoms with van der Waals surface area (Å²) in [4.78, 5) is 16.0. The molecule has 1 aliphatic carbocycles. The molecule has 2 atom stereocenters. The summed E-state index contributed by atoms with van der Waals surface area (Å²) in [7, 11) is 0. The maximum atomic E-state index is 11.7.